The number of benzene rings is 1. The minimum atomic E-state index is 0.582. The monoisotopic (exact) mass is 219 g/mol. The maximum atomic E-state index is 5.71. The topological polar surface area (TPSA) is 35.2 Å². The second-order valence-electron chi connectivity index (χ2n) is 4.51. The molecule has 0 atom stereocenters. The van der Waals surface area contributed by atoms with E-state index < -0.39 is 0 Å². The molecule has 0 bridgehead atoms. The van der Waals surface area contributed by atoms with Gasteiger partial charge in [0.1, 0.15) is 12.4 Å². The summed E-state index contributed by atoms with van der Waals surface area (Å²) in [7, 11) is 0. The number of nitrogens with two attached hydrogens (primary N) is 1. The first-order chi connectivity index (χ1) is 7.92. The number of ether oxygens (including phenoxy) is 1. The van der Waals surface area contributed by atoms with Gasteiger partial charge in [-0.15, -0.1) is 0 Å². The summed E-state index contributed by atoms with van der Waals surface area (Å²) in [5.41, 5.74) is 6.86. The lowest BCUT2D eigenvalue weighted by atomic mass is 9.84. The summed E-state index contributed by atoms with van der Waals surface area (Å²) >= 11 is 0. The van der Waals surface area contributed by atoms with Gasteiger partial charge in [0.15, 0.2) is 0 Å². The zero-order valence-electron chi connectivity index (χ0n) is 9.82. The fourth-order valence-corrected chi connectivity index (χ4v) is 2.53. The Morgan fingerprint density at radius 3 is 2.62 bits per heavy atom. The van der Waals surface area contributed by atoms with Crippen LogP contribution in [0.1, 0.15) is 43.6 Å². The molecule has 0 heterocycles. The standard InChI is InChI=1S/C14H21NO/c15-10-11-16-14-9-5-4-8-13(14)12-6-2-1-3-7-12/h4-5,8-9,12H,1-3,6-7,10-11,15H2. The Kier molecular flexibility index (Phi) is 4.23. The lowest BCUT2D eigenvalue weighted by molar-refractivity contribution is 0.317. The fraction of sp³-hybridized carbons (Fsp3) is 0.571. The molecule has 0 amide bonds. The third-order valence-corrected chi connectivity index (χ3v) is 3.34. The van der Waals surface area contributed by atoms with Gasteiger partial charge >= 0.3 is 0 Å². The van der Waals surface area contributed by atoms with Crippen molar-refractivity contribution in [3.63, 3.8) is 0 Å². The van der Waals surface area contributed by atoms with E-state index in [0.29, 0.717) is 19.1 Å². The van der Waals surface area contributed by atoms with Crippen molar-refractivity contribution in [1.82, 2.24) is 0 Å². The molecular weight excluding hydrogens is 198 g/mol. The van der Waals surface area contributed by atoms with Gasteiger partial charge in [0, 0.05) is 6.54 Å². The number of para-hydroxylation sites is 1. The van der Waals surface area contributed by atoms with Crippen molar-refractivity contribution in [2.75, 3.05) is 13.2 Å². The van der Waals surface area contributed by atoms with E-state index in [9.17, 15) is 0 Å². The molecule has 0 aromatic heterocycles. The molecule has 2 heteroatoms. The van der Waals surface area contributed by atoms with Gasteiger partial charge in [-0.1, -0.05) is 37.5 Å². The predicted octanol–water partition coefficient (Wildman–Crippen LogP) is 3.07. The van der Waals surface area contributed by atoms with E-state index >= 15 is 0 Å². The van der Waals surface area contributed by atoms with Gasteiger partial charge in [-0.3, -0.25) is 0 Å². The average molecular weight is 219 g/mol. The van der Waals surface area contributed by atoms with Crippen LogP contribution in [0.3, 0.4) is 0 Å². The van der Waals surface area contributed by atoms with Gasteiger partial charge in [0.05, 0.1) is 0 Å². The molecule has 16 heavy (non-hydrogen) atoms. The van der Waals surface area contributed by atoms with E-state index in [1.807, 2.05) is 6.07 Å². The average Bonchev–Trinajstić information content (AvgIpc) is 2.38. The first-order valence-electron chi connectivity index (χ1n) is 6.33. The van der Waals surface area contributed by atoms with Crippen molar-refractivity contribution in [1.29, 1.82) is 0 Å². The lowest BCUT2D eigenvalue weighted by Crippen LogP contribution is -2.13. The Morgan fingerprint density at radius 1 is 1.12 bits per heavy atom. The maximum absolute atomic E-state index is 5.71. The predicted molar refractivity (Wildman–Crippen MR) is 66.8 cm³/mol. The van der Waals surface area contributed by atoms with E-state index in [4.69, 9.17) is 10.5 Å². The summed E-state index contributed by atoms with van der Waals surface area (Å²) in [6.07, 6.45) is 6.72. The van der Waals surface area contributed by atoms with Crippen LogP contribution >= 0.6 is 0 Å². The highest BCUT2D eigenvalue weighted by Gasteiger charge is 2.18. The van der Waals surface area contributed by atoms with Crippen LogP contribution in [-0.4, -0.2) is 13.2 Å². The smallest absolute Gasteiger partial charge is 0.122 e. The molecule has 0 unspecified atom stereocenters. The molecule has 0 saturated heterocycles. The summed E-state index contributed by atoms with van der Waals surface area (Å²) in [6, 6.07) is 8.43. The van der Waals surface area contributed by atoms with Gasteiger partial charge in [-0.2, -0.15) is 0 Å². The molecule has 0 radical (unpaired) electrons. The molecule has 1 aromatic carbocycles. The van der Waals surface area contributed by atoms with Crippen molar-refractivity contribution in [2.24, 2.45) is 5.73 Å². The van der Waals surface area contributed by atoms with Gasteiger partial charge in [0.2, 0.25) is 0 Å². The van der Waals surface area contributed by atoms with E-state index in [2.05, 4.69) is 18.2 Å². The van der Waals surface area contributed by atoms with Gasteiger partial charge < -0.3 is 10.5 Å². The van der Waals surface area contributed by atoms with Crippen LogP contribution in [0.25, 0.3) is 0 Å². The lowest BCUT2D eigenvalue weighted by Gasteiger charge is -2.24. The van der Waals surface area contributed by atoms with Crippen LogP contribution in [0.4, 0.5) is 0 Å². The van der Waals surface area contributed by atoms with Crippen LogP contribution in [0.15, 0.2) is 24.3 Å². The number of hydrogen-bond donors (Lipinski definition) is 1. The highest BCUT2D eigenvalue weighted by Crippen LogP contribution is 2.37. The normalized spacial score (nSPS) is 17.3. The van der Waals surface area contributed by atoms with Crippen molar-refractivity contribution in [3.05, 3.63) is 29.8 Å². The van der Waals surface area contributed by atoms with Crippen molar-refractivity contribution >= 4 is 0 Å². The summed E-state index contributed by atoms with van der Waals surface area (Å²) in [5, 5.41) is 0. The second kappa shape index (κ2) is 5.90. The maximum Gasteiger partial charge on any atom is 0.122 e. The minimum absolute atomic E-state index is 0.582. The number of hydrogen-bond acceptors (Lipinski definition) is 2. The minimum Gasteiger partial charge on any atom is -0.492 e. The quantitative estimate of drug-likeness (QED) is 0.844. The molecule has 2 N–H and O–H groups in total. The Morgan fingerprint density at radius 2 is 1.88 bits per heavy atom. The van der Waals surface area contributed by atoms with Gasteiger partial charge in [0.25, 0.3) is 0 Å². The Hall–Kier alpha value is -1.02. The Bertz CT molecular complexity index is 318. The molecule has 1 saturated carbocycles. The van der Waals surface area contributed by atoms with Crippen LogP contribution in [0.2, 0.25) is 0 Å². The Labute approximate surface area is 97.8 Å². The van der Waals surface area contributed by atoms with E-state index in [1.54, 1.807) is 0 Å². The van der Waals surface area contributed by atoms with Gasteiger partial charge in [-0.05, 0) is 30.4 Å². The molecule has 1 aliphatic carbocycles. The Balaban J connectivity index is 2.11. The molecular formula is C14H21NO. The molecule has 1 fully saturated rings. The molecule has 1 aliphatic rings. The van der Waals surface area contributed by atoms with Crippen LogP contribution in [0, 0.1) is 0 Å². The zero-order valence-corrected chi connectivity index (χ0v) is 9.82. The van der Waals surface area contributed by atoms with Crippen molar-refractivity contribution in [3.8, 4) is 5.75 Å². The molecule has 88 valence electrons. The van der Waals surface area contributed by atoms with Crippen LogP contribution in [0.5, 0.6) is 5.75 Å². The molecule has 2 nitrogen and oxygen atoms in total. The largest absolute Gasteiger partial charge is 0.492 e. The number of rotatable bonds is 4. The van der Waals surface area contributed by atoms with Crippen molar-refractivity contribution < 1.29 is 4.74 Å². The summed E-state index contributed by atoms with van der Waals surface area (Å²) < 4.78 is 5.71. The summed E-state index contributed by atoms with van der Waals surface area (Å²) in [4.78, 5) is 0. The molecule has 2 rings (SSSR count). The molecule has 1 aromatic rings. The van der Waals surface area contributed by atoms with E-state index in [0.717, 1.165) is 5.75 Å². The highest BCUT2D eigenvalue weighted by atomic mass is 16.5. The third-order valence-electron chi connectivity index (χ3n) is 3.34. The zero-order chi connectivity index (χ0) is 11.2. The highest BCUT2D eigenvalue weighted by molar-refractivity contribution is 5.36. The summed E-state index contributed by atoms with van der Waals surface area (Å²) in [6.45, 7) is 1.20. The van der Waals surface area contributed by atoms with Crippen LogP contribution < -0.4 is 10.5 Å². The third kappa shape index (κ3) is 2.76. The summed E-state index contributed by atoms with van der Waals surface area (Å²) in [5.74, 6) is 1.74. The van der Waals surface area contributed by atoms with Crippen molar-refractivity contribution in [2.45, 2.75) is 38.0 Å². The van der Waals surface area contributed by atoms with E-state index in [1.165, 1.54) is 37.7 Å². The SMILES string of the molecule is NCCOc1ccccc1C1CCCCC1. The van der Waals surface area contributed by atoms with E-state index in [-0.39, 0.29) is 0 Å². The van der Waals surface area contributed by atoms with Crippen LogP contribution in [-0.2, 0) is 0 Å². The van der Waals surface area contributed by atoms with Gasteiger partial charge in [-0.25, -0.2) is 0 Å². The fourth-order valence-electron chi connectivity index (χ4n) is 2.53. The molecule has 0 spiro atoms. The molecule has 0 aliphatic heterocycles. The first-order valence-corrected chi connectivity index (χ1v) is 6.33. The first kappa shape index (κ1) is 11.5. The second-order valence-corrected chi connectivity index (χ2v) is 4.51.